The highest BCUT2D eigenvalue weighted by Gasteiger charge is 2.17. The summed E-state index contributed by atoms with van der Waals surface area (Å²) >= 11 is 17.7. The minimum atomic E-state index is -1.16. The molecule has 0 amide bonds. The minimum Gasteiger partial charge on any atom is -0.478 e. The van der Waals surface area contributed by atoms with Gasteiger partial charge in [0, 0.05) is 6.07 Å². The van der Waals surface area contributed by atoms with Crippen molar-refractivity contribution in [1.82, 2.24) is 0 Å². The summed E-state index contributed by atoms with van der Waals surface area (Å²) in [6, 6.07) is 7.21. The van der Waals surface area contributed by atoms with E-state index in [-0.39, 0.29) is 37.8 Å². The summed E-state index contributed by atoms with van der Waals surface area (Å²) in [6.45, 7) is 0. The zero-order valence-corrected chi connectivity index (χ0v) is 12.1. The lowest BCUT2D eigenvalue weighted by Gasteiger charge is -2.13. The predicted molar refractivity (Wildman–Crippen MR) is 79.4 cm³/mol. The van der Waals surface area contributed by atoms with E-state index in [0.29, 0.717) is 0 Å². The first-order valence-electron chi connectivity index (χ1n) is 5.34. The van der Waals surface area contributed by atoms with Crippen LogP contribution >= 0.6 is 34.8 Å². The molecule has 4 nitrogen and oxygen atoms in total. The quantitative estimate of drug-likeness (QED) is 0.630. The predicted octanol–water partition coefficient (Wildman–Crippen LogP) is 4.72. The fraction of sp³-hybridized carbons (Fsp3) is 0. The highest BCUT2D eigenvalue weighted by molar-refractivity contribution is 6.43. The summed E-state index contributed by atoms with van der Waals surface area (Å²) in [5.41, 5.74) is 5.83. The molecule has 7 heteroatoms. The molecule has 0 radical (unpaired) electrons. The van der Waals surface area contributed by atoms with Crippen molar-refractivity contribution in [3.63, 3.8) is 0 Å². The summed E-state index contributed by atoms with van der Waals surface area (Å²) in [4.78, 5) is 11.2. The minimum absolute atomic E-state index is 0.000268. The zero-order valence-electron chi connectivity index (χ0n) is 9.86. The standard InChI is InChI=1S/C13H8Cl3NO3/c14-7-4-9(16)11(5-8(7)15)20-12-6(13(18)19)2-1-3-10(12)17/h1-5H,17H2,(H,18,19). The molecule has 2 rings (SSSR count). The number of nitrogens with two attached hydrogens (primary N) is 1. The summed E-state index contributed by atoms with van der Waals surface area (Å²) < 4.78 is 5.49. The summed E-state index contributed by atoms with van der Waals surface area (Å²) in [5, 5.41) is 9.81. The highest BCUT2D eigenvalue weighted by Crippen LogP contribution is 2.39. The van der Waals surface area contributed by atoms with Crippen LogP contribution in [-0.2, 0) is 0 Å². The third-order valence-corrected chi connectivity index (χ3v) is 3.48. The molecular formula is C13H8Cl3NO3. The van der Waals surface area contributed by atoms with Gasteiger partial charge < -0.3 is 15.6 Å². The van der Waals surface area contributed by atoms with Crippen molar-refractivity contribution in [2.24, 2.45) is 0 Å². The second kappa shape index (κ2) is 5.79. The van der Waals surface area contributed by atoms with Gasteiger partial charge in [-0.05, 0) is 18.2 Å². The Hall–Kier alpha value is -1.62. The number of anilines is 1. The number of rotatable bonds is 3. The topological polar surface area (TPSA) is 72.6 Å². The van der Waals surface area contributed by atoms with E-state index < -0.39 is 5.97 Å². The fourth-order valence-corrected chi connectivity index (χ4v) is 2.11. The molecule has 20 heavy (non-hydrogen) atoms. The maximum Gasteiger partial charge on any atom is 0.339 e. The Labute approximate surface area is 129 Å². The molecule has 0 unspecified atom stereocenters. The van der Waals surface area contributed by atoms with Crippen LogP contribution in [0.15, 0.2) is 30.3 Å². The van der Waals surface area contributed by atoms with Crippen LogP contribution in [0, 0.1) is 0 Å². The second-order valence-electron chi connectivity index (χ2n) is 3.83. The molecular weight excluding hydrogens is 325 g/mol. The SMILES string of the molecule is Nc1cccc(C(=O)O)c1Oc1cc(Cl)c(Cl)cc1Cl. The summed E-state index contributed by atoms with van der Waals surface area (Å²) in [6.07, 6.45) is 0. The van der Waals surface area contributed by atoms with E-state index in [9.17, 15) is 4.79 Å². The van der Waals surface area contributed by atoms with Crippen LogP contribution in [0.4, 0.5) is 5.69 Å². The molecule has 2 aromatic carbocycles. The number of nitrogen functional groups attached to an aromatic ring is 1. The van der Waals surface area contributed by atoms with Crippen molar-refractivity contribution in [2.45, 2.75) is 0 Å². The largest absolute Gasteiger partial charge is 0.478 e. The number of carboxylic acid groups (broad SMARTS) is 1. The van der Waals surface area contributed by atoms with Gasteiger partial charge in [-0.3, -0.25) is 0 Å². The number of hydrogen-bond acceptors (Lipinski definition) is 3. The van der Waals surface area contributed by atoms with Gasteiger partial charge in [0.2, 0.25) is 0 Å². The fourth-order valence-electron chi connectivity index (χ4n) is 1.53. The molecule has 0 saturated carbocycles. The Morgan fingerprint density at radius 1 is 1.10 bits per heavy atom. The van der Waals surface area contributed by atoms with E-state index in [4.69, 9.17) is 50.4 Å². The van der Waals surface area contributed by atoms with Gasteiger partial charge in [0.25, 0.3) is 0 Å². The Balaban J connectivity index is 2.50. The van der Waals surface area contributed by atoms with Gasteiger partial charge in [0.05, 0.1) is 20.8 Å². The molecule has 3 N–H and O–H groups in total. The van der Waals surface area contributed by atoms with Gasteiger partial charge in [0.15, 0.2) is 5.75 Å². The zero-order chi connectivity index (χ0) is 14.9. The van der Waals surface area contributed by atoms with Crippen LogP contribution in [0.25, 0.3) is 0 Å². The lowest BCUT2D eigenvalue weighted by molar-refractivity contribution is 0.0694. The average molecular weight is 333 g/mol. The molecule has 0 heterocycles. The molecule has 0 spiro atoms. The van der Waals surface area contributed by atoms with E-state index >= 15 is 0 Å². The van der Waals surface area contributed by atoms with E-state index in [2.05, 4.69) is 0 Å². The lowest BCUT2D eigenvalue weighted by atomic mass is 10.1. The van der Waals surface area contributed by atoms with Crippen LogP contribution < -0.4 is 10.5 Å². The first kappa shape index (κ1) is 14.8. The first-order chi connectivity index (χ1) is 9.40. The Morgan fingerprint density at radius 3 is 2.40 bits per heavy atom. The monoisotopic (exact) mass is 331 g/mol. The molecule has 0 aliphatic heterocycles. The van der Waals surface area contributed by atoms with Gasteiger partial charge >= 0.3 is 5.97 Å². The lowest BCUT2D eigenvalue weighted by Crippen LogP contribution is -2.03. The number of ether oxygens (including phenoxy) is 1. The molecule has 0 bridgehead atoms. The van der Waals surface area contributed by atoms with Crippen molar-refractivity contribution in [2.75, 3.05) is 5.73 Å². The molecule has 2 aromatic rings. The van der Waals surface area contributed by atoms with E-state index in [1.165, 1.54) is 30.3 Å². The maximum absolute atomic E-state index is 11.2. The number of hydrogen-bond donors (Lipinski definition) is 2. The maximum atomic E-state index is 11.2. The molecule has 0 atom stereocenters. The molecule has 0 aliphatic rings. The smallest absolute Gasteiger partial charge is 0.339 e. The molecule has 104 valence electrons. The van der Waals surface area contributed by atoms with Crippen molar-refractivity contribution in [3.05, 3.63) is 51.0 Å². The Kier molecular flexibility index (Phi) is 4.28. The van der Waals surface area contributed by atoms with E-state index in [1.54, 1.807) is 0 Å². The number of aromatic carboxylic acids is 1. The number of para-hydroxylation sites is 1. The average Bonchev–Trinajstić information content (AvgIpc) is 2.37. The normalized spacial score (nSPS) is 10.3. The second-order valence-corrected chi connectivity index (χ2v) is 5.05. The van der Waals surface area contributed by atoms with Gasteiger partial charge in [-0.15, -0.1) is 0 Å². The molecule has 0 fully saturated rings. The Morgan fingerprint density at radius 2 is 1.75 bits per heavy atom. The Bertz CT molecular complexity index is 689. The highest BCUT2D eigenvalue weighted by atomic mass is 35.5. The summed E-state index contributed by atoms with van der Waals surface area (Å²) in [5.74, 6) is -0.995. The van der Waals surface area contributed by atoms with Gasteiger partial charge in [-0.2, -0.15) is 0 Å². The van der Waals surface area contributed by atoms with Crippen LogP contribution in [0.3, 0.4) is 0 Å². The van der Waals surface area contributed by atoms with Crippen molar-refractivity contribution in [1.29, 1.82) is 0 Å². The van der Waals surface area contributed by atoms with Crippen LogP contribution in [-0.4, -0.2) is 11.1 Å². The number of halogens is 3. The van der Waals surface area contributed by atoms with Crippen LogP contribution in [0.1, 0.15) is 10.4 Å². The van der Waals surface area contributed by atoms with E-state index in [0.717, 1.165) is 0 Å². The van der Waals surface area contributed by atoms with Crippen molar-refractivity contribution >= 4 is 46.5 Å². The number of carboxylic acids is 1. The molecule has 0 aromatic heterocycles. The van der Waals surface area contributed by atoms with Gasteiger partial charge in [0.1, 0.15) is 11.3 Å². The summed E-state index contributed by atoms with van der Waals surface area (Å²) in [7, 11) is 0. The van der Waals surface area contributed by atoms with E-state index in [1.807, 2.05) is 0 Å². The van der Waals surface area contributed by atoms with Crippen molar-refractivity contribution in [3.8, 4) is 11.5 Å². The van der Waals surface area contributed by atoms with Gasteiger partial charge in [-0.1, -0.05) is 40.9 Å². The number of carbonyl (C=O) groups is 1. The molecule has 0 aliphatic carbocycles. The van der Waals surface area contributed by atoms with Gasteiger partial charge in [-0.25, -0.2) is 4.79 Å². The third-order valence-electron chi connectivity index (χ3n) is 2.46. The third kappa shape index (κ3) is 2.93. The van der Waals surface area contributed by atoms with Crippen LogP contribution in [0.2, 0.25) is 15.1 Å². The number of benzene rings is 2. The first-order valence-corrected chi connectivity index (χ1v) is 6.47. The molecule has 0 saturated heterocycles. The van der Waals surface area contributed by atoms with Crippen LogP contribution in [0.5, 0.6) is 11.5 Å². The van der Waals surface area contributed by atoms with Crippen molar-refractivity contribution < 1.29 is 14.6 Å².